The molecule has 2 bridgehead atoms. The van der Waals surface area contributed by atoms with Crippen LogP contribution in [-0.2, 0) is 14.8 Å². The van der Waals surface area contributed by atoms with Gasteiger partial charge in [0.25, 0.3) is 5.91 Å². The predicted octanol–water partition coefficient (Wildman–Crippen LogP) is 2.58. The molecule has 28 heavy (non-hydrogen) atoms. The van der Waals surface area contributed by atoms with Crippen LogP contribution in [0.2, 0.25) is 0 Å². The Morgan fingerprint density at radius 1 is 1.29 bits per heavy atom. The summed E-state index contributed by atoms with van der Waals surface area (Å²) in [7, 11) is -3.79. The Balaban J connectivity index is 1.75. The summed E-state index contributed by atoms with van der Waals surface area (Å²) in [6.45, 7) is 7.65. The molecule has 150 valence electrons. The highest BCUT2D eigenvalue weighted by molar-refractivity contribution is 7.89. The van der Waals surface area contributed by atoms with Crippen molar-refractivity contribution in [3.63, 3.8) is 0 Å². The van der Waals surface area contributed by atoms with Gasteiger partial charge >= 0.3 is 0 Å². The van der Waals surface area contributed by atoms with Crippen LogP contribution in [0.1, 0.15) is 40.0 Å². The number of carbonyl (C=O) groups excluding carboxylic acids is 1. The number of hydrogen-bond acceptors (Lipinski definition) is 5. The Kier molecular flexibility index (Phi) is 5.02. The molecule has 0 radical (unpaired) electrons. The van der Waals surface area contributed by atoms with Crippen molar-refractivity contribution in [3.8, 4) is 6.07 Å². The Labute approximate surface area is 166 Å². The normalized spacial score (nSPS) is 26.6. The van der Waals surface area contributed by atoms with Gasteiger partial charge in [-0.1, -0.05) is 20.8 Å². The topological polar surface area (TPSA) is 116 Å². The van der Waals surface area contributed by atoms with Crippen molar-refractivity contribution in [2.45, 2.75) is 51.0 Å². The predicted molar refractivity (Wildman–Crippen MR) is 106 cm³/mol. The molecular formula is C20H26N4O3S. The van der Waals surface area contributed by atoms with Crippen molar-refractivity contribution in [1.82, 2.24) is 4.90 Å². The van der Waals surface area contributed by atoms with Gasteiger partial charge in [-0.15, -0.1) is 0 Å². The lowest BCUT2D eigenvalue weighted by atomic mass is 9.65. The molecule has 2 atom stereocenters. The summed E-state index contributed by atoms with van der Waals surface area (Å²) in [6.07, 6.45) is 4.91. The molecule has 3 N–H and O–H groups in total. The van der Waals surface area contributed by atoms with Crippen LogP contribution < -0.4 is 10.5 Å². The van der Waals surface area contributed by atoms with E-state index >= 15 is 0 Å². The number of carbonyl (C=O) groups is 1. The van der Waals surface area contributed by atoms with Gasteiger partial charge in [-0.25, -0.2) is 13.6 Å². The van der Waals surface area contributed by atoms with Crippen molar-refractivity contribution in [3.05, 3.63) is 36.0 Å². The minimum atomic E-state index is -3.79. The largest absolute Gasteiger partial charge is 0.373 e. The second kappa shape index (κ2) is 6.90. The van der Waals surface area contributed by atoms with Crippen molar-refractivity contribution in [2.24, 2.45) is 16.0 Å². The van der Waals surface area contributed by atoms with Crippen molar-refractivity contribution in [1.29, 1.82) is 5.26 Å². The smallest absolute Gasteiger partial charge is 0.267 e. The van der Waals surface area contributed by atoms with E-state index in [1.807, 2.05) is 6.07 Å². The van der Waals surface area contributed by atoms with Crippen LogP contribution in [0.4, 0.5) is 5.69 Å². The summed E-state index contributed by atoms with van der Waals surface area (Å²) < 4.78 is 22.6. The van der Waals surface area contributed by atoms with E-state index < -0.39 is 15.9 Å². The molecule has 2 fully saturated rings. The average molecular weight is 403 g/mol. The first-order valence-corrected chi connectivity index (χ1v) is 10.8. The Bertz CT molecular complexity index is 960. The van der Waals surface area contributed by atoms with E-state index in [1.54, 1.807) is 6.20 Å². The summed E-state index contributed by atoms with van der Waals surface area (Å²) in [6, 6.07) is 7.83. The molecule has 1 amide bonds. The molecule has 8 heteroatoms. The molecular weight excluding hydrogens is 376 g/mol. The van der Waals surface area contributed by atoms with E-state index in [0.29, 0.717) is 11.7 Å². The highest BCUT2D eigenvalue weighted by Gasteiger charge is 2.48. The van der Waals surface area contributed by atoms with Crippen LogP contribution in [0.3, 0.4) is 0 Å². The van der Waals surface area contributed by atoms with Gasteiger partial charge in [-0.2, -0.15) is 5.26 Å². The van der Waals surface area contributed by atoms with Gasteiger partial charge < -0.3 is 10.2 Å². The lowest BCUT2D eigenvalue weighted by Crippen LogP contribution is -2.33. The zero-order valence-electron chi connectivity index (χ0n) is 16.4. The maximum absolute atomic E-state index is 12.5. The van der Waals surface area contributed by atoms with Crippen LogP contribution in [-0.4, -0.2) is 31.8 Å². The van der Waals surface area contributed by atoms with Gasteiger partial charge in [0.1, 0.15) is 11.6 Å². The van der Waals surface area contributed by atoms with Crippen LogP contribution in [0.5, 0.6) is 0 Å². The van der Waals surface area contributed by atoms with Gasteiger partial charge in [0, 0.05) is 24.5 Å². The van der Waals surface area contributed by atoms with Gasteiger partial charge in [0.2, 0.25) is 10.0 Å². The average Bonchev–Trinajstić information content (AvgIpc) is 2.80. The fraction of sp³-hybridized carbons (Fsp3) is 0.500. The Morgan fingerprint density at radius 2 is 1.93 bits per heavy atom. The first kappa shape index (κ1) is 20.4. The van der Waals surface area contributed by atoms with E-state index in [0.717, 1.165) is 25.8 Å². The quantitative estimate of drug-likeness (QED) is 0.593. The number of likely N-dealkylation sites (tertiary alicyclic amines) is 1. The molecule has 2 unspecified atom stereocenters. The number of primary sulfonamides is 1. The van der Waals surface area contributed by atoms with E-state index in [2.05, 4.69) is 31.0 Å². The summed E-state index contributed by atoms with van der Waals surface area (Å²) in [5.41, 5.74) is 0.875. The Morgan fingerprint density at radius 3 is 2.50 bits per heavy atom. The number of sulfonamides is 1. The third-order valence-electron chi connectivity index (χ3n) is 5.56. The number of amides is 1. The van der Waals surface area contributed by atoms with Gasteiger partial charge in [0.05, 0.1) is 4.90 Å². The molecule has 1 saturated carbocycles. The molecule has 1 aliphatic carbocycles. The zero-order chi connectivity index (χ0) is 20.7. The minimum Gasteiger partial charge on any atom is -0.373 e. The van der Waals surface area contributed by atoms with Crippen LogP contribution in [0, 0.1) is 22.2 Å². The van der Waals surface area contributed by atoms with Gasteiger partial charge in [-0.3, -0.25) is 4.79 Å². The van der Waals surface area contributed by atoms with Gasteiger partial charge in [0.15, 0.2) is 0 Å². The number of fused-ring (bicyclic) bond motifs is 2. The number of anilines is 1. The lowest BCUT2D eigenvalue weighted by Gasteiger charge is -2.39. The van der Waals surface area contributed by atoms with Crippen molar-refractivity contribution >= 4 is 21.6 Å². The fourth-order valence-electron chi connectivity index (χ4n) is 4.88. The third kappa shape index (κ3) is 4.37. The molecule has 1 aromatic rings. The maximum Gasteiger partial charge on any atom is 0.267 e. The lowest BCUT2D eigenvalue weighted by molar-refractivity contribution is -0.112. The summed E-state index contributed by atoms with van der Waals surface area (Å²) in [4.78, 5) is 14.6. The van der Waals surface area contributed by atoms with E-state index in [-0.39, 0.29) is 21.3 Å². The zero-order valence-corrected chi connectivity index (χ0v) is 17.2. The maximum atomic E-state index is 12.5. The van der Waals surface area contributed by atoms with E-state index in [9.17, 15) is 18.5 Å². The van der Waals surface area contributed by atoms with E-state index in [1.165, 1.54) is 24.3 Å². The molecule has 3 rings (SSSR count). The number of rotatable bonds is 4. The molecule has 0 aromatic heterocycles. The number of nitrogens with one attached hydrogen (secondary N) is 1. The minimum absolute atomic E-state index is 0.0319. The monoisotopic (exact) mass is 402 g/mol. The summed E-state index contributed by atoms with van der Waals surface area (Å²) >= 11 is 0. The van der Waals surface area contributed by atoms with Crippen LogP contribution in [0.25, 0.3) is 0 Å². The first-order valence-electron chi connectivity index (χ1n) is 9.23. The van der Waals surface area contributed by atoms with Gasteiger partial charge in [-0.05, 0) is 54.4 Å². The highest BCUT2D eigenvalue weighted by atomic mass is 32.2. The van der Waals surface area contributed by atoms with Crippen LogP contribution in [0.15, 0.2) is 40.9 Å². The summed E-state index contributed by atoms with van der Waals surface area (Å²) in [5, 5.41) is 17.2. The second-order valence-corrected chi connectivity index (χ2v) is 10.6. The SMILES string of the molecule is CC1(C)CC2CC(C)(CN2/C=C(/C#N)C(=O)Nc2ccc(S(N)(=O)=O)cc2)C1. The third-order valence-corrected chi connectivity index (χ3v) is 6.49. The molecule has 2 aliphatic rings. The van der Waals surface area contributed by atoms with Crippen molar-refractivity contribution in [2.75, 3.05) is 11.9 Å². The highest BCUT2D eigenvalue weighted by Crippen LogP contribution is 2.52. The van der Waals surface area contributed by atoms with E-state index in [4.69, 9.17) is 5.14 Å². The molecule has 0 spiro atoms. The molecule has 1 heterocycles. The standard InChI is InChI=1S/C20H26N4O3S/c1-19(2)8-16-9-20(3,12-19)13-24(16)11-14(10-21)18(25)23-15-4-6-17(7-5-15)28(22,26)27/h4-7,11,16H,8-9,12-13H2,1-3H3,(H,23,25)(H2,22,26,27)/b14-11-. The van der Waals surface area contributed by atoms with Crippen molar-refractivity contribution < 1.29 is 13.2 Å². The molecule has 1 aromatic carbocycles. The number of nitrogens with zero attached hydrogens (tertiary/aromatic N) is 2. The fourth-order valence-corrected chi connectivity index (χ4v) is 5.40. The molecule has 7 nitrogen and oxygen atoms in total. The molecule has 1 saturated heterocycles. The number of nitriles is 1. The molecule has 1 aliphatic heterocycles. The Hall–Kier alpha value is -2.37. The number of hydrogen-bond donors (Lipinski definition) is 2. The van der Waals surface area contributed by atoms with Crippen LogP contribution >= 0.6 is 0 Å². The second-order valence-electron chi connectivity index (χ2n) is 9.06. The number of nitrogens with two attached hydrogens (primary N) is 1. The summed E-state index contributed by atoms with van der Waals surface area (Å²) in [5.74, 6) is -0.517. The number of benzene rings is 1. The first-order chi connectivity index (χ1) is 12.9.